The fourth-order valence-electron chi connectivity index (χ4n) is 1.98. The van der Waals surface area contributed by atoms with E-state index in [0.717, 1.165) is 24.1 Å². The normalized spacial score (nSPS) is 19.5. The Bertz CT molecular complexity index is 457. The maximum atomic E-state index is 11.9. The lowest BCUT2D eigenvalue weighted by molar-refractivity contribution is -0.156. The molecular formula is C15H19NO2. The van der Waals surface area contributed by atoms with Crippen molar-refractivity contribution in [2.45, 2.75) is 45.3 Å². The Labute approximate surface area is 108 Å². The first-order valence-electron chi connectivity index (χ1n) is 6.31. The largest absolute Gasteiger partial charge is 0.458 e. The lowest BCUT2D eigenvalue weighted by Crippen LogP contribution is -2.29. The summed E-state index contributed by atoms with van der Waals surface area (Å²) < 4.78 is 5.36. The van der Waals surface area contributed by atoms with E-state index in [-0.39, 0.29) is 12.0 Å². The van der Waals surface area contributed by atoms with Crippen molar-refractivity contribution in [2.75, 3.05) is 0 Å². The van der Waals surface area contributed by atoms with Crippen molar-refractivity contribution in [3.63, 3.8) is 0 Å². The Morgan fingerprint density at radius 1 is 1.28 bits per heavy atom. The van der Waals surface area contributed by atoms with Gasteiger partial charge in [0.25, 0.3) is 0 Å². The number of aliphatic imine (C=N–C) groups is 1. The second-order valence-corrected chi connectivity index (χ2v) is 5.53. The quantitative estimate of drug-likeness (QED) is 0.751. The van der Waals surface area contributed by atoms with Crippen molar-refractivity contribution < 1.29 is 9.53 Å². The molecule has 1 atom stereocenters. The Balaban J connectivity index is 2.07. The third kappa shape index (κ3) is 3.19. The number of carbonyl (C=O) groups excluding carboxylic acids is 1. The van der Waals surface area contributed by atoms with Crippen LogP contribution in [0.1, 0.15) is 39.2 Å². The molecule has 0 aliphatic carbocycles. The molecule has 0 bridgehead atoms. The molecule has 0 N–H and O–H groups in total. The van der Waals surface area contributed by atoms with Crippen molar-refractivity contribution in [3.8, 4) is 0 Å². The maximum Gasteiger partial charge on any atom is 0.331 e. The average Bonchev–Trinajstić information content (AvgIpc) is 2.77. The SMILES string of the molecule is CC(C)(C)OC(=O)C1CCC(c2ccccc2)=N1. The van der Waals surface area contributed by atoms with Crippen LogP contribution in [0.5, 0.6) is 0 Å². The molecule has 18 heavy (non-hydrogen) atoms. The van der Waals surface area contributed by atoms with Crippen LogP contribution in [0.2, 0.25) is 0 Å². The molecular weight excluding hydrogens is 226 g/mol. The van der Waals surface area contributed by atoms with Crippen LogP contribution in [-0.2, 0) is 9.53 Å². The van der Waals surface area contributed by atoms with Crippen LogP contribution < -0.4 is 0 Å². The maximum absolute atomic E-state index is 11.9. The Morgan fingerprint density at radius 3 is 2.56 bits per heavy atom. The van der Waals surface area contributed by atoms with Gasteiger partial charge in [-0.1, -0.05) is 30.3 Å². The fourth-order valence-corrected chi connectivity index (χ4v) is 1.98. The Morgan fingerprint density at radius 2 is 1.94 bits per heavy atom. The van der Waals surface area contributed by atoms with Gasteiger partial charge in [0.1, 0.15) is 11.6 Å². The standard InChI is InChI=1S/C15H19NO2/c1-15(2,3)18-14(17)13-10-9-12(16-13)11-7-5-4-6-8-11/h4-8,13H,9-10H2,1-3H3. The highest BCUT2D eigenvalue weighted by molar-refractivity contribution is 6.03. The molecule has 1 aromatic carbocycles. The number of nitrogens with zero attached hydrogens (tertiary/aromatic N) is 1. The van der Waals surface area contributed by atoms with Crippen molar-refractivity contribution >= 4 is 11.7 Å². The van der Waals surface area contributed by atoms with Gasteiger partial charge in [0.15, 0.2) is 0 Å². The first-order chi connectivity index (χ1) is 8.46. The highest BCUT2D eigenvalue weighted by Crippen LogP contribution is 2.21. The highest BCUT2D eigenvalue weighted by atomic mass is 16.6. The van der Waals surface area contributed by atoms with E-state index in [1.54, 1.807) is 0 Å². The van der Waals surface area contributed by atoms with E-state index < -0.39 is 5.60 Å². The van der Waals surface area contributed by atoms with Gasteiger partial charge in [0, 0.05) is 5.71 Å². The zero-order valence-electron chi connectivity index (χ0n) is 11.1. The molecule has 3 nitrogen and oxygen atoms in total. The average molecular weight is 245 g/mol. The van der Waals surface area contributed by atoms with Gasteiger partial charge in [-0.15, -0.1) is 0 Å². The summed E-state index contributed by atoms with van der Waals surface area (Å²) in [5.74, 6) is -0.214. The molecule has 1 aromatic rings. The van der Waals surface area contributed by atoms with Gasteiger partial charge in [-0.2, -0.15) is 0 Å². The lowest BCUT2D eigenvalue weighted by Gasteiger charge is -2.20. The lowest BCUT2D eigenvalue weighted by atomic mass is 10.1. The number of hydrogen-bond donors (Lipinski definition) is 0. The fraction of sp³-hybridized carbons (Fsp3) is 0.467. The van der Waals surface area contributed by atoms with Crippen molar-refractivity contribution in [1.82, 2.24) is 0 Å². The Kier molecular flexibility index (Phi) is 3.50. The summed E-state index contributed by atoms with van der Waals surface area (Å²) in [6.45, 7) is 5.63. The van der Waals surface area contributed by atoms with Gasteiger partial charge < -0.3 is 4.74 Å². The van der Waals surface area contributed by atoms with Crippen molar-refractivity contribution in [3.05, 3.63) is 35.9 Å². The minimum atomic E-state index is -0.442. The van der Waals surface area contributed by atoms with Crippen LogP contribution in [0.15, 0.2) is 35.3 Å². The van der Waals surface area contributed by atoms with Crippen LogP contribution in [0.4, 0.5) is 0 Å². The van der Waals surface area contributed by atoms with Crippen LogP contribution >= 0.6 is 0 Å². The second kappa shape index (κ2) is 4.92. The van der Waals surface area contributed by atoms with Crippen molar-refractivity contribution in [2.24, 2.45) is 4.99 Å². The summed E-state index contributed by atoms with van der Waals surface area (Å²) in [7, 11) is 0. The topological polar surface area (TPSA) is 38.7 Å². The molecule has 1 heterocycles. The number of rotatable bonds is 2. The molecule has 0 spiro atoms. The van der Waals surface area contributed by atoms with E-state index in [0.29, 0.717) is 0 Å². The molecule has 1 unspecified atom stereocenters. The van der Waals surface area contributed by atoms with Gasteiger partial charge in [-0.3, -0.25) is 4.99 Å². The van der Waals surface area contributed by atoms with E-state index in [2.05, 4.69) is 4.99 Å². The minimum Gasteiger partial charge on any atom is -0.458 e. The summed E-state index contributed by atoms with van der Waals surface area (Å²) in [6, 6.07) is 9.66. The predicted molar refractivity (Wildman–Crippen MR) is 71.8 cm³/mol. The van der Waals surface area contributed by atoms with Gasteiger partial charge >= 0.3 is 5.97 Å². The van der Waals surface area contributed by atoms with Gasteiger partial charge in [-0.25, -0.2) is 4.79 Å². The molecule has 96 valence electrons. The third-order valence-corrected chi connectivity index (χ3v) is 2.75. The van der Waals surface area contributed by atoms with E-state index >= 15 is 0 Å². The number of esters is 1. The molecule has 0 saturated carbocycles. The van der Waals surface area contributed by atoms with E-state index in [1.165, 1.54) is 0 Å². The summed E-state index contributed by atoms with van der Waals surface area (Å²) in [5, 5.41) is 0. The molecule has 0 amide bonds. The number of carbonyl (C=O) groups is 1. The van der Waals surface area contributed by atoms with Gasteiger partial charge in [0.05, 0.1) is 0 Å². The highest BCUT2D eigenvalue weighted by Gasteiger charge is 2.29. The Hall–Kier alpha value is -1.64. The van der Waals surface area contributed by atoms with E-state index in [9.17, 15) is 4.79 Å². The summed E-state index contributed by atoms with van der Waals surface area (Å²) >= 11 is 0. The molecule has 2 rings (SSSR count). The van der Waals surface area contributed by atoms with Gasteiger partial charge in [-0.05, 0) is 39.2 Å². The van der Waals surface area contributed by atoms with E-state index in [4.69, 9.17) is 4.74 Å². The van der Waals surface area contributed by atoms with E-state index in [1.807, 2.05) is 51.1 Å². The smallest absolute Gasteiger partial charge is 0.331 e. The molecule has 1 aliphatic rings. The molecule has 0 aromatic heterocycles. The molecule has 3 heteroatoms. The van der Waals surface area contributed by atoms with Crippen LogP contribution in [-0.4, -0.2) is 23.3 Å². The monoisotopic (exact) mass is 245 g/mol. The summed E-state index contributed by atoms with van der Waals surface area (Å²) in [6.07, 6.45) is 1.59. The zero-order chi connectivity index (χ0) is 13.2. The van der Waals surface area contributed by atoms with Gasteiger partial charge in [0.2, 0.25) is 0 Å². The van der Waals surface area contributed by atoms with Crippen LogP contribution in [0.25, 0.3) is 0 Å². The number of ether oxygens (including phenoxy) is 1. The molecule has 0 fully saturated rings. The summed E-state index contributed by atoms with van der Waals surface area (Å²) in [4.78, 5) is 16.4. The zero-order valence-corrected chi connectivity index (χ0v) is 11.1. The second-order valence-electron chi connectivity index (χ2n) is 5.53. The molecule has 0 radical (unpaired) electrons. The van der Waals surface area contributed by atoms with Crippen LogP contribution in [0, 0.1) is 0 Å². The third-order valence-electron chi connectivity index (χ3n) is 2.75. The van der Waals surface area contributed by atoms with Crippen molar-refractivity contribution in [1.29, 1.82) is 0 Å². The van der Waals surface area contributed by atoms with Crippen LogP contribution in [0.3, 0.4) is 0 Å². The molecule has 1 aliphatic heterocycles. The first kappa shape index (κ1) is 12.8. The minimum absolute atomic E-state index is 0.214. The first-order valence-corrected chi connectivity index (χ1v) is 6.31. The number of benzene rings is 1. The number of hydrogen-bond acceptors (Lipinski definition) is 3. The predicted octanol–water partition coefficient (Wildman–Crippen LogP) is 2.98. The molecule has 0 saturated heterocycles. The summed E-state index contributed by atoms with van der Waals surface area (Å²) in [5.41, 5.74) is 1.66.